The van der Waals surface area contributed by atoms with Crippen molar-refractivity contribution in [3.05, 3.63) is 0 Å². The molecule has 2 saturated heterocycles. The van der Waals surface area contributed by atoms with Crippen LogP contribution in [-0.2, 0) is 4.74 Å². The molecule has 3 N–H and O–H groups in total. The maximum atomic E-state index is 12.6. The van der Waals surface area contributed by atoms with Crippen molar-refractivity contribution in [2.45, 2.75) is 62.3 Å². The highest BCUT2D eigenvalue weighted by molar-refractivity contribution is 5.69. The van der Waals surface area contributed by atoms with Crippen LogP contribution in [0.3, 0.4) is 0 Å². The average molecular weight is 546 g/mol. The predicted molar refractivity (Wildman–Crippen MR) is 91.8 cm³/mol. The first-order valence-electron chi connectivity index (χ1n) is 9.60. The molecule has 0 unspecified atom stereocenters. The van der Waals surface area contributed by atoms with Gasteiger partial charge in [0.1, 0.15) is 5.60 Å². The summed E-state index contributed by atoms with van der Waals surface area (Å²) < 4.78 is 153. The quantitative estimate of drug-likeness (QED) is 0.460. The fraction of sp³-hybridized carbons (Fsp3) is 0.941. The molecule has 2 heterocycles. The van der Waals surface area contributed by atoms with Gasteiger partial charge in [0.15, 0.2) is 0 Å². The van der Waals surface area contributed by atoms with Gasteiger partial charge in [-0.05, 0) is 20.8 Å². The van der Waals surface area contributed by atoms with Crippen LogP contribution in [0.5, 0.6) is 0 Å². The molecular weight excluding hydrogens is 524 g/mol. The summed E-state index contributed by atoms with van der Waals surface area (Å²) in [5.74, 6) is -4.03. The van der Waals surface area contributed by atoms with Crippen molar-refractivity contribution in [2.24, 2.45) is 11.8 Å². The Balaban J connectivity index is 0.000000379. The Bertz CT molecular complexity index is 717. The van der Waals surface area contributed by atoms with E-state index in [1.165, 1.54) is 20.8 Å². The second-order valence-corrected chi connectivity index (χ2v) is 8.96. The standard InChI is InChI=1S/C11H15F6NO3.C6H7F6NO/c1-8(2,3)21-7(19)18-4-6(5-18)9(20,10(12,13)14)11(15,16)17;7-5(8,9)4(14,6(10,11)12)3-1-13-2-3/h6,20H,4-5H2,1-3H3;3,13-14H,1-2H2. The van der Waals surface area contributed by atoms with Crippen LogP contribution in [0.25, 0.3) is 0 Å². The Hall–Kier alpha value is -1.69. The zero-order valence-electron chi connectivity index (χ0n) is 18.2. The average Bonchev–Trinajstić information content (AvgIpc) is 2.45. The summed E-state index contributed by atoms with van der Waals surface area (Å²) in [5, 5.41) is 20.1. The zero-order chi connectivity index (χ0) is 28.1. The molecule has 1 amide bonds. The number of alkyl halides is 12. The third-order valence-corrected chi connectivity index (χ3v) is 5.23. The molecule has 2 aliphatic heterocycles. The Kier molecular flexibility index (Phi) is 8.34. The second kappa shape index (κ2) is 9.32. The molecule has 0 atom stereocenters. The number of halogens is 12. The van der Waals surface area contributed by atoms with Crippen molar-refractivity contribution in [3.63, 3.8) is 0 Å². The van der Waals surface area contributed by atoms with Gasteiger partial charge in [-0.1, -0.05) is 0 Å². The highest BCUT2D eigenvalue weighted by atomic mass is 19.4. The monoisotopic (exact) mass is 546 g/mol. The summed E-state index contributed by atoms with van der Waals surface area (Å²) in [7, 11) is 0. The number of aliphatic hydroxyl groups is 2. The van der Waals surface area contributed by atoms with E-state index in [2.05, 4.69) is 5.32 Å². The first-order valence-corrected chi connectivity index (χ1v) is 9.60. The van der Waals surface area contributed by atoms with Crippen LogP contribution in [0.4, 0.5) is 57.5 Å². The lowest BCUT2D eigenvalue weighted by Gasteiger charge is -2.48. The van der Waals surface area contributed by atoms with Crippen LogP contribution >= 0.6 is 0 Å². The third kappa shape index (κ3) is 6.18. The molecule has 35 heavy (non-hydrogen) atoms. The Morgan fingerprint density at radius 1 is 0.714 bits per heavy atom. The van der Waals surface area contributed by atoms with Crippen molar-refractivity contribution in [1.82, 2.24) is 10.2 Å². The first-order chi connectivity index (χ1) is 15.2. The topological polar surface area (TPSA) is 82.0 Å². The number of nitrogens with zero attached hydrogens (tertiary/aromatic N) is 1. The second-order valence-electron chi connectivity index (χ2n) is 8.96. The smallest absolute Gasteiger partial charge is 0.426 e. The van der Waals surface area contributed by atoms with Gasteiger partial charge in [0.2, 0.25) is 0 Å². The number of hydrogen-bond donors (Lipinski definition) is 3. The predicted octanol–water partition coefficient (Wildman–Crippen LogP) is 3.77. The lowest BCUT2D eigenvalue weighted by Crippen LogP contribution is -2.70. The lowest BCUT2D eigenvalue weighted by molar-refractivity contribution is -0.392. The fourth-order valence-corrected chi connectivity index (χ4v) is 3.05. The molecule has 0 bridgehead atoms. The SMILES string of the molecule is CC(C)(C)OC(=O)N1CC(C(O)(C(F)(F)F)C(F)(F)F)C1.OC(C1CNC1)(C(F)(F)F)C(F)(F)F. The number of amides is 1. The van der Waals surface area contributed by atoms with Gasteiger partial charge < -0.3 is 25.2 Å². The van der Waals surface area contributed by atoms with E-state index in [4.69, 9.17) is 14.9 Å². The highest BCUT2D eigenvalue weighted by Crippen LogP contribution is 2.50. The molecule has 2 rings (SSSR count). The maximum Gasteiger partial charge on any atom is 0.426 e. The van der Waals surface area contributed by atoms with Crippen LogP contribution < -0.4 is 5.32 Å². The van der Waals surface area contributed by atoms with E-state index in [9.17, 15) is 57.5 Å². The van der Waals surface area contributed by atoms with Crippen LogP contribution in [0.15, 0.2) is 0 Å². The van der Waals surface area contributed by atoms with Gasteiger partial charge >= 0.3 is 30.8 Å². The van der Waals surface area contributed by atoms with E-state index in [1.54, 1.807) is 0 Å². The molecule has 0 radical (unpaired) electrons. The van der Waals surface area contributed by atoms with Gasteiger partial charge in [-0.25, -0.2) is 4.79 Å². The number of nitrogens with one attached hydrogen (secondary N) is 1. The Labute approximate surface area is 190 Å². The summed E-state index contributed by atoms with van der Waals surface area (Å²) in [6, 6.07) is 0. The van der Waals surface area contributed by atoms with E-state index in [1.807, 2.05) is 0 Å². The van der Waals surface area contributed by atoms with Gasteiger partial charge in [-0.3, -0.25) is 0 Å². The number of carbonyl (C=O) groups is 1. The third-order valence-electron chi connectivity index (χ3n) is 5.23. The van der Waals surface area contributed by atoms with Crippen LogP contribution in [0.2, 0.25) is 0 Å². The highest BCUT2D eigenvalue weighted by Gasteiger charge is 2.76. The number of likely N-dealkylation sites (tertiary alicyclic amines) is 1. The molecule has 0 aromatic heterocycles. The van der Waals surface area contributed by atoms with Crippen molar-refractivity contribution in [3.8, 4) is 0 Å². The minimum Gasteiger partial charge on any atom is -0.444 e. The molecule has 0 aromatic rings. The number of hydrogen-bond acceptors (Lipinski definition) is 5. The molecule has 0 saturated carbocycles. The van der Waals surface area contributed by atoms with Gasteiger partial charge in [0, 0.05) is 38.0 Å². The Morgan fingerprint density at radius 2 is 1.03 bits per heavy atom. The van der Waals surface area contributed by atoms with Gasteiger partial charge in [0.25, 0.3) is 11.2 Å². The minimum absolute atomic E-state index is 0.491. The zero-order valence-corrected chi connectivity index (χ0v) is 18.2. The molecular formula is C17H22F12N2O4. The van der Waals surface area contributed by atoms with E-state index in [-0.39, 0.29) is 0 Å². The number of rotatable bonds is 2. The summed E-state index contributed by atoms with van der Waals surface area (Å²) in [6.45, 7) is 1.76. The lowest BCUT2D eigenvalue weighted by atomic mass is 9.80. The Morgan fingerprint density at radius 3 is 1.23 bits per heavy atom. The van der Waals surface area contributed by atoms with Crippen molar-refractivity contribution < 1.29 is 72.4 Å². The summed E-state index contributed by atoms with van der Waals surface area (Å²) >= 11 is 0. The molecule has 0 spiro atoms. The van der Waals surface area contributed by atoms with Crippen LogP contribution in [0, 0.1) is 11.8 Å². The molecule has 2 aliphatic rings. The van der Waals surface area contributed by atoms with Crippen molar-refractivity contribution in [2.75, 3.05) is 26.2 Å². The number of ether oxygens (including phenoxy) is 1. The normalized spacial score (nSPS) is 19.4. The summed E-state index contributed by atoms with van der Waals surface area (Å²) in [4.78, 5) is 12.2. The molecule has 0 aromatic carbocycles. The molecule has 208 valence electrons. The maximum absolute atomic E-state index is 12.6. The fourth-order valence-electron chi connectivity index (χ4n) is 3.05. The van der Waals surface area contributed by atoms with Crippen LogP contribution in [0.1, 0.15) is 20.8 Å². The minimum atomic E-state index is -5.88. The largest absolute Gasteiger partial charge is 0.444 e. The molecule has 2 fully saturated rings. The summed E-state index contributed by atoms with van der Waals surface area (Å²) in [6.07, 6.45) is -24.2. The molecule has 6 nitrogen and oxygen atoms in total. The van der Waals surface area contributed by atoms with Crippen molar-refractivity contribution in [1.29, 1.82) is 0 Å². The number of carbonyl (C=O) groups excluding carboxylic acids is 1. The van der Waals surface area contributed by atoms with Crippen LogP contribution in [-0.4, -0.2) is 88.9 Å². The summed E-state index contributed by atoms with van der Waals surface area (Å²) in [5.41, 5.74) is -10.4. The van der Waals surface area contributed by atoms with Crippen molar-refractivity contribution >= 4 is 6.09 Å². The molecule has 0 aliphatic carbocycles. The van der Waals surface area contributed by atoms with Gasteiger partial charge in [0.05, 0.1) is 0 Å². The van der Waals surface area contributed by atoms with E-state index >= 15 is 0 Å². The van der Waals surface area contributed by atoms with E-state index < -0.39 is 85.6 Å². The van der Waals surface area contributed by atoms with Gasteiger partial charge in [-0.15, -0.1) is 0 Å². The molecule has 18 heteroatoms. The van der Waals surface area contributed by atoms with Gasteiger partial charge in [-0.2, -0.15) is 52.7 Å². The van der Waals surface area contributed by atoms with E-state index in [0.717, 1.165) is 0 Å². The first kappa shape index (κ1) is 31.3. The van der Waals surface area contributed by atoms with E-state index in [0.29, 0.717) is 4.90 Å².